The summed E-state index contributed by atoms with van der Waals surface area (Å²) in [5.74, 6) is 0.987. The molecule has 4 heteroatoms. The van der Waals surface area contributed by atoms with Crippen LogP contribution in [-0.2, 0) is 0 Å². The molecule has 2 fully saturated rings. The van der Waals surface area contributed by atoms with E-state index in [1.54, 1.807) is 0 Å². The largest absolute Gasteiger partial charge is 0.399 e. The van der Waals surface area contributed by atoms with Crippen molar-refractivity contribution in [3.8, 4) is 0 Å². The van der Waals surface area contributed by atoms with Gasteiger partial charge in [0, 0.05) is 29.7 Å². The minimum atomic E-state index is 0.552. The molecule has 1 aromatic carbocycles. The van der Waals surface area contributed by atoms with Crippen LogP contribution in [0.2, 0.25) is 0 Å². The summed E-state index contributed by atoms with van der Waals surface area (Å²) in [6.07, 6.45) is 3.89. The van der Waals surface area contributed by atoms with Crippen molar-refractivity contribution in [3.05, 3.63) is 30.3 Å². The summed E-state index contributed by atoms with van der Waals surface area (Å²) in [7, 11) is 0. The van der Waals surface area contributed by atoms with Gasteiger partial charge in [0.05, 0.1) is 5.52 Å². The van der Waals surface area contributed by atoms with Crippen LogP contribution >= 0.6 is 0 Å². The van der Waals surface area contributed by atoms with Gasteiger partial charge in [-0.2, -0.15) is 0 Å². The molecule has 104 valence electrons. The molecule has 0 bridgehead atoms. The fraction of sp³-hybridized carbons (Fsp3) is 0.438. The molecule has 0 aliphatic carbocycles. The highest BCUT2D eigenvalue weighted by Gasteiger charge is 2.37. The van der Waals surface area contributed by atoms with Crippen LogP contribution in [0.25, 0.3) is 10.9 Å². The van der Waals surface area contributed by atoms with Gasteiger partial charge in [-0.25, -0.2) is 4.98 Å². The Bertz CT molecular complexity index is 639. The normalized spacial score (nSPS) is 26.0. The van der Waals surface area contributed by atoms with Crippen LogP contribution in [-0.4, -0.2) is 35.1 Å². The predicted octanol–water partition coefficient (Wildman–Crippen LogP) is 2.47. The quantitative estimate of drug-likeness (QED) is 0.822. The molecule has 4 nitrogen and oxygen atoms in total. The van der Waals surface area contributed by atoms with Crippen LogP contribution in [0.5, 0.6) is 0 Å². The summed E-state index contributed by atoms with van der Waals surface area (Å²) in [5, 5.41) is 4.74. The maximum atomic E-state index is 5.80. The monoisotopic (exact) mass is 268 g/mol. The first-order valence-corrected chi connectivity index (χ1v) is 7.46. The lowest BCUT2D eigenvalue weighted by atomic mass is 10.1. The third-order valence-corrected chi connectivity index (χ3v) is 4.65. The van der Waals surface area contributed by atoms with Gasteiger partial charge in [0.25, 0.3) is 0 Å². The highest BCUT2D eigenvalue weighted by molar-refractivity contribution is 5.83. The first-order valence-electron chi connectivity index (χ1n) is 7.46. The molecule has 20 heavy (non-hydrogen) atoms. The number of aromatic nitrogens is 1. The Morgan fingerprint density at radius 3 is 3.05 bits per heavy atom. The molecular formula is C16H20N4. The van der Waals surface area contributed by atoms with E-state index in [2.05, 4.69) is 22.3 Å². The molecule has 2 aliphatic heterocycles. The molecule has 2 aliphatic rings. The van der Waals surface area contributed by atoms with Crippen molar-refractivity contribution in [1.29, 1.82) is 0 Å². The molecule has 3 heterocycles. The van der Waals surface area contributed by atoms with Crippen LogP contribution in [0.3, 0.4) is 0 Å². The number of hydrogen-bond donors (Lipinski definition) is 2. The van der Waals surface area contributed by atoms with E-state index < -0.39 is 0 Å². The van der Waals surface area contributed by atoms with Crippen molar-refractivity contribution in [2.24, 2.45) is 0 Å². The van der Waals surface area contributed by atoms with E-state index >= 15 is 0 Å². The standard InChI is InChI=1S/C16H20N4/c17-12-4-5-13-11(10-12)3-6-16(18-13)19-14-7-9-20-8-1-2-15(14)20/h3-6,10,14-15H,1-2,7-9,17H2,(H,18,19). The topological polar surface area (TPSA) is 54.2 Å². The molecule has 0 radical (unpaired) electrons. The molecule has 0 spiro atoms. The Balaban J connectivity index is 1.58. The van der Waals surface area contributed by atoms with E-state index in [9.17, 15) is 0 Å². The van der Waals surface area contributed by atoms with Crippen molar-refractivity contribution < 1.29 is 0 Å². The molecule has 2 atom stereocenters. The number of nitrogen functional groups attached to an aromatic ring is 1. The molecule has 2 aromatic rings. The maximum absolute atomic E-state index is 5.80. The zero-order chi connectivity index (χ0) is 13.5. The van der Waals surface area contributed by atoms with Crippen molar-refractivity contribution in [1.82, 2.24) is 9.88 Å². The summed E-state index contributed by atoms with van der Waals surface area (Å²) >= 11 is 0. The van der Waals surface area contributed by atoms with Gasteiger partial charge in [-0.05, 0) is 56.1 Å². The average molecular weight is 268 g/mol. The van der Waals surface area contributed by atoms with Gasteiger partial charge in [0.2, 0.25) is 0 Å². The van der Waals surface area contributed by atoms with Crippen LogP contribution < -0.4 is 11.1 Å². The molecule has 4 rings (SSSR count). The van der Waals surface area contributed by atoms with E-state index in [-0.39, 0.29) is 0 Å². The smallest absolute Gasteiger partial charge is 0.126 e. The summed E-state index contributed by atoms with van der Waals surface area (Å²) in [5.41, 5.74) is 7.60. The highest BCUT2D eigenvalue weighted by atomic mass is 15.2. The molecule has 1 aromatic heterocycles. The Morgan fingerprint density at radius 1 is 1.15 bits per heavy atom. The third-order valence-electron chi connectivity index (χ3n) is 4.65. The summed E-state index contributed by atoms with van der Waals surface area (Å²) < 4.78 is 0. The summed E-state index contributed by atoms with van der Waals surface area (Å²) in [6.45, 7) is 2.50. The SMILES string of the molecule is Nc1ccc2nc(NC3CCN4CCCC34)ccc2c1. The number of rotatable bonds is 2. The number of nitrogens with one attached hydrogen (secondary N) is 1. The van der Waals surface area contributed by atoms with E-state index in [1.165, 1.54) is 32.4 Å². The number of anilines is 2. The average Bonchev–Trinajstić information content (AvgIpc) is 3.04. The van der Waals surface area contributed by atoms with Gasteiger partial charge >= 0.3 is 0 Å². The summed E-state index contributed by atoms with van der Waals surface area (Å²) in [6, 6.07) is 11.3. The van der Waals surface area contributed by atoms with Gasteiger partial charge in [0.15, 0.2) is 0 Å². The molecule has 0 amide bonds. The van der Waals surface area contributed by atoms with Crippen molar-refractivity contribution in [2.75, 3.05) is 24.1 Å². The number of hydrogen-bond acceptors (Lipinski definition) is 4. The third kappa shape index (κ3) is 2.00. The van der Waals surface area contributed by atoms with E-state index in [4.69, 9.17) is 10.7 Å². The second-order valence-corrected chi connectivity index (χ2v) is 5.93. The van der Waals surface area contributed by atoms with Gasteiger partial charge in [-0.15, -0.1) is 0 Å². The number of nitrogens with zero attached hydrogens (tertiary/aromatic N) is 2. The second kappa shape index (κ2) is 4.63. The van der Waals surface area contributed by atoms with Crippen LogP contribution in [0.4, 0.5) is 11.5 Å². The Labute approximate surface area is 119 Å². The Hall–Kier alpha value is -1.81. The number of benzene rings is 1. The molecule has 0 saturated carbocycles. The minimum absolute atomic E-state index is 0.552. The fourth-order valence-electron chi connectivity index (χ4n) is 3.67. The highest BCUT2D eigenvalue weighted by Crippen LogP contribution is 2.30. The van der Waals surface area contributed by atoms with Gasteiger partial charge in [0.1, 0.15) is 5.82 Å². The number of fused-ring (bicyclic) bond motifs is 2. The predicted molar refractivity (Wildman–Crippen MR) is 82.8 cm³/mol. The lowest BCUT2D eigenvalue weighted by Gasteiger charge is -2.21. The lowest BCUT2D eigenvalue weighted by molar-refractivity contribution is 0.318. The number of nitrogens with two attached hydrogens (primary N) is 1. The van der Waals surface area contributed by atoms with Crippen LogP contribution in [0, 0.1) is 0 Å². The fourth-order valence-corrected chi connectivity index (χ4v) is 3.67. The van der Waals surface area contributed by atoms with Gasteiger partial charge in [-0.3, -0.25) is 4.90 Å². The minimum Gasteiger partial charge on any atom is -0.399 e. The van der Waals surface area contributed by atoms with Crippen molar-refractivity contribution in [3.63, 3.8) is 0 Å². The van der Waals surface area contributed by atoms with E-state index in [0.29, 0.717) is 12.1 Å². The van der Waals surface area contributed by atoms with E-state index in [0.717, 1.165) is 22.4 Å². The second-order valence-electron chi connectivity index (χ2n) is 5.93. The summed E-state index contributed by atoms with van der Waals surface area (Å²) in [4.78, 5) is 7.32. The first kappa shape index (κ1) is 12.0. The lowest BCUT2D eigenvalue weighted by Crippen LogP contribution is -2.33. The maximum Gasteiger partial charge on any atom is 0.126 e. The van der Waals surface area contributed by atoms with Crippen LogP contribution in [0.1, 0.15) is 19.3 Å². The number of pyridine rings is 1. The molecule has 2 saturated heterocycles. The Kier molecular flexibility index (Phi) is 2.77. The van der Waals surface area contributed by atoms with Crippen molar-refractivity contribution >= 4 is 22.4 Å². The van der Waals surface area contributed by atoms with Crippen molar-refractivity contribution in [2.45, 2.75) is 31.3 Å². The Morgan fingerprint density at radius 2 is 2.10 bits per heavy atom. The van der Waals surface area contributed by atoms with Gasteiger partial charge in [-0.1, -0.05) is 0 Å². The zero-order valence-corrected chi connectivity index (χ0v) is 11.5. The first-order chi connectivity index (χ1) is 9.79. The van der Waals surface area contributed by atoms with E-state index in [1.807, 2.05) is 18.2 Å². The molecule has 2 unspecified atom stereocenters. The van der Waals surface area contributed by atoms with Gasteiger partial charge < -0.3 is 11.1 Å². The van der Waals surface area contributed by atoms with Crippen LogP contribution in [0.15, 0.2) is 30.3 Å². The zero-order valence-electron chi connectivity index (χ0n) is 11.5. The molecule has 3 N–H and O–H groups in total. The molecular weight excluding hydrogens is 248 g/mol.